The van der Waals surface area contributed by atoms with Gasteiger partial charge in [-0.05, 0) is 37.3 Å². The van der Waals surface area contributed by atoms with Gasteiger partial charge in [0.25, 0.3) is 0 Å². The van der Waals surface area contributed by atoms with E-state index < -0.39 is 0 Å². The Hall–Kier alpha value is -1.19. The van der Waals surface area contributed by atoms with E-state index in [-0.39, 0.29) is 0 Å². The molecule has 0 atom stereocenters. The highest BCUT2D eigenvalue weighted by atomic mass is 35.5. The summed E-state index contributed by atoms with van der Waals surface area (Å²) in [4.78, 5) is 0.823. The number of thiol groups is 1. The van der Waals surface area contributed by atoms with Gasteiger partial charge in [-0.25, -0.2) is 0 Å². The van der Waals surface area contributed by atoms with Gasteiger partial charge >= 0.3 is 0 Å². The first-order valence-corrected chi connectivity index (χ1v) is 5.54. The van der Waals surface area contributed by atoms with Gasteiger partial charge in [0.05, 0.1) is 10.7 Å². The molecule has 2 rings (SSSR count). The molecule has 0 aliphatic carbocycles. The molecule has 1 aromatic heterocycles. The van der Waals surface area contributed by atoms with Crippen LogP contribution < -0.4 is 0 Å². The van der Waals surface area contributed by atoms with Gasteiger partial charge in [-0.2, -0.15) is 0 Å². The van der Waals surface area contributed by atoms with Crippen molar-refractivity contribution in [2.75, 3.05) is 0 Å². The quantitative estimate of drug-likeness (QED) is 0.607. The molecule has 0 radical (unpaired) electrons. The Morgan fingerprint density at radius 2 is 2.06 bits per heavy atom. The van der Waals surface area contributed by atoms with Gasteiger partial charge in [-0.15, -0.1) is 12.6 Å². The van der Waals surface area contributed by atoms with Crippen LogP contribution in [0.1, 0.15) is 12.7 Å². The molecule has 1 N–H and O–H groups in total. The topological polar surface area (TPSA) is 37.0 Å². The van der Waals surface area contributed by atoms with E-state index in [0.29, 0.717) is 22.3 Å². The van der Waals surface area contributed by atoms with E-state index in [1.807, 2.05) is 18.2 Å². The van der Waals surface area contributed by atoms with Crippen molar-refractivity contribution in [2.24, 2.45) is 0 Å². The molecule has 16 heavy (non-hydrogen) atoms. The first kappa shape index (κ1) is 11.3. The highest BCUT2D eigenvalue weighted by molar-refractivity contribution is 7.80. The zero-order valence-corrected chi connectivity index (χ0v) is 10.3. The van der Waals surface area contributed by atoms with E-state index in [2.05, 4.69) is 12.6 Å². The number of benzene rings is 1. The van der Waals surface area contributed by atoms with Gasteiger partial charge < -0.3 is 9.83 Å². The minimum Gasteiger partial charge on any atom is -0.455 e. The minimum absolute atomic E-state index is 0.393. The molecule has 0 fully saturated rings. The van der Waals surface area contributed by atoms with Crippen molar-refractivity contribution in [3.05, 3.63) is 41.1 Å². The van der Waals surface area contributed by atoms with E-state index in [1.165, 1.54) is 0 Å². The minimum atomic E-state index is 0.393. The predicted molar refractivity (Wildman–Crippen MR) is 68.9 cm³/mol. The van der Waals surface area contributed by atoms with Crippen molar-refractivity contribution in [2.45, 2.75) is 11.8 Å². The summed E-state index contributed by atoms with van der Waals surface area (Å²) in [6.45, 7) is 1.68. The summed E-state index contributed by atoms with van der Waals surface area (Å²) in [6.07, 6.45) is 0. The van der Waals surface area contributed by atoms with Gasteiger partial charge in [-0.1, -0.05) is 11.6 Å². The normalized spacial score (nSPS) is 10.4. The number of hydrogen-bond acceptors (Lipinski definition) is 3. The average molecular weight is 252 g/mol. The number of furan rings is 1. The van der Waals surface area contributed by atoms with Crippen LogP contribution in [-0.4, -0.2) is 5.71 Å². The molecule has 0 aliphatic heterocycles. The van der Waals surface area contributed by atoms with E-state index in [0.717, 1.165) is 10.5 Å². The summed E-state index contributed by atoms with van der Waals surface area (Å²) in [5, 5.41) is 8.08. The van der Waals surface area contributed by atoms with Crippen molar-refractivity contribution in [1.29, 1.82) is 5.41 Å². The van der Waals surface area contributed by atoms with E-state index >= 15 is 0 Å². The molecule has 4 heteroatoms. The predicted octanol–water partition coefficient (Wildman–Crippen LogP) is 4.28. The zero-order chi connectivity index (χ0) is 11.7. The van der Waals surface area contributed by atoms with Gasteiger partial charge in [0.1, 0.15) is 11.5 Å². The number of rotatable bonds is 2. The van der Waals surface area contributed by atoms with Crippen molar-refractivity contribution in [3.63, 3.8) is 0 Å². The Morgan fingerprint density at radius 1 is 1.31 bits per heavy atom. The third-order valence-corrected chi connectivity index (χ3v) is 2.80. The Labute approximate surface area is 104 Å². The molecule has 0 amide bonds. The van der Waals surface area contributed by atoms with Crippen LogP contribution in [0.5, 0.6) is 0 Å². The summed E-state index contributed by atoms with van der Waals surface area (Å²) in [6, 6.07) is 9.01. The third kappa shape index (κ3) is 2.15. The van der Waals surface area contributed by atoms with Gasteiger partial charge in [0.2, 0.25) is 0 Å². The molecule has 2 nitrogen and oxygen atoms in total. The van der Waals surface area contributed by atoms with Gasteiger partial charge in [0.15, 0.2) is 0 Å². The Balaban J connectivity index is 2.50. The van der Waals surface area contributed by atoms with Crippen molar-refractivity contribution in [1.82, 2.24) is 0 Å². The van der Waals surface area contributed by atoms with Crippen molar-refractivity contribution >= 4 is 29.9 Å². The standard InChI is InChI=1S/C12H10ClNOS/c1-7(14)11-4-5-12(15-11)9-6-8(16)2-3-10(9)13/h2-6,14,16H,1H3. The SMILES string of the molecule is CC(=N)c1ccc(-c2cc(S)ccc2Cl)o1. The van der Waals surface area contributed by atoms with Gasteiger partial charge in [-0.3, -0.25) is 0 Å². The molecule has 0 saturated carbocycles. The maximum Gasteiger partial charge on any atom is 0.148 e. The molecule has 0 bridgehead atoms. The maximum atomic E-state index is 7.47. The fraction of sp³-hybridized carbons (Fsp3) is 0.0833. The summed E-state index contributed by atoms with van der Waals surface area (Å²) in [7, 11) is 0. The number of hydrogen-bond donors (Lipinski definition) is 2. The summed E-state index contributed by atoms with van der Waals surface area (Å²) in [5.41, 5.74) is 1.19. The van der Waals surface area contributed by atoms with Crippen LogP contribution in [0, 0.1) is 5.41 Å². The van der Waals surface area contributed by atoms with Crippen LogP contribution in [0.4, 0.5) is 0 Å². The lowest BCUT2D eigenvalue weighted by molar-refractivity contribution is 0.571. The van der Waals surface area contributed by atoms with E-state index in [1.54, 1.807) is 19.1 Å². The fourth-order valence-corrected chi connectivity index (χ4v) is 1.80. The maximum absolute atomic E-state index is 7.47. The lowest BCUT2D eigenvalue weighted by Gasteiger charge is -2.01. The third-order valence-electron chi connectivity index (χ3n) is 2.19. The van der Waals surface area contributed by atoms with Crippen LogP contribution in [-0.2, 0) is 0 Å². The fourth-order valence-electron chi connectivity index (χ4n) is 1.39. The van der Waals surface area contributed by atoms with Crippen molar-refractivity contribution < 1.29 is 4.42 Å². The van der Waals surface area contributed by atoms with Crippen molar-refractivity contribution in [3.8, 4) is 11.3 Å². The summed E-state index contributed by atoms with van der Waals surface area (Å²) in [5.74, 6) is 1.21. The van der Waals surface area contributed by atoms with Gasteiger partial charge in [0, 0.05) is 10.5 Å². The lowest BCUT2D eigenvalue weighted by Crippen LogP contribution is -1.86. The average Bonchev–Trinajstić information content (AvgIpc) is 2.70. The summed E-state index contributed by atoms with van der Waals surface area (Å²) < 4.78 is 5.52. The number of halogens is 1. The molecule has 0 saturated heterocycles. The second kappa shape index (κ2) is 4.36. The monoisotopic (exact) mass is 251 g/mol. The molecule has 82 valence electrons. The first-order valence-electron chi connectivity index (χ1n) is 4.72. The first-order chi connectivity index (χ1) is 7.58. The summed E-state index contributed by atoms with van der Waals surface area (Å²) >= 11 is 10.3. The van der Waals surface area contributed by atoms with E-state index in [4.69, 9.17) is 21.4 Å². The van der Waals surface area contributed by atoms with Crippen LogP contribution in [0.15, 0.2) is 39.6 Å². The molecule has 2 aromatic rings. The molecular weight excluding hydrogens is 242 g/mol. The largest absolute Gasteiger partial charge is 0.455 e. The van der Waals surface area contributed by atoms with Crippen LogP contribution >= 0.6 is 24.2 Å². The lowest BCUT2D eigenvalue weighted by atomic mass is 10.2. The molecule has 1 aromatic carbocycles. The highest BCUT2D eigenvalue weighted by Crippen LogP contribution is 2.31. The smallest absolute Gasteiger partial charge is 0.148 e. The molecular formula is C12H10ClNOS. The number of nitrogens with one attached hydrogen (secondary N) is 1. The Kier molecular flexibility index (Phi) is 3.08. The Morgan fingerprint density at radius 3 is 2.69 bits per heavy atom. The molecule has 0 aliphatic rings. The molecule has 1 heterocycles. The highest BCUT2D eigenvalue weighted by Gasteiger charge is 2.09. The second-order valence-corrected chi connectivity index (χ2v) is 4.38. The van der Waals surface area contributed by atoms with Crippen LogP contribution in [0.3, 0.4) is 0 Å². The van der Waals surface area contributed by atoms with Crippen LogP contribution in [0.2, 0.25) is 5.02 Å². The van der Waals surface area contributed by atoms with E-state index in [9.17, 15) is 0 Å². The molecule has 0 spiro atoms. The zero-order valence-electron chi connectivity index (χ0n) is 8.62. The second-order valence-electron chi connectivity index (χ2n) is 3.45. The molecule has 0 unspecified atom stereocenters. The van der Waals surface area contributed by atoms with Crippen LogP contribution in [0.25, 0.3) is 11.3 Å². The Bertz CT molecular complexity index is 548.